The minimum atomic E-state index is -0.140. The summed E-state index contributed by atoms with van der Waals surface area (Å²) >= 11 is 0. The molecule has 0 aliphatic carbocycles. The highest BCUT2D eigenvalue weighted by Gasteiger charge is 2.11. The Balaban J connectivity index is 1.82. The lowest BCUT2D eigenvalue weighted by Crippen LogP contribution is -2.09. The SMILES string of the molecule is O=c1[nH]c2cc(-c3cccnc3)nn2c2cc(-c3cn[nH]c3)ccc12. The Morgan fingerprint density at radius 2 is 1.96 bits per heavy atom. The molecule has 0 amide bonds. The molecule has 120 valence electrons. The molecular weight excluding hydrogens is 316 g/mol. The molecule has 0 radical (unpaired) electrons. The third-order valence-electron chi connectivity index (χ3n) is 4.21. The summed E-state index contributed by atoms with van der Waals surface area (Å²) in [4.78, 5) is 19.4. The third-order valence-corrected chi connectivity index (χ3v) is 4.21. The van der Waals surface area contributed by atoms with Crippen LogP contribution in [0.25, 0.3) is 38.9 Å². The van der Waals surface area contributed by atoms with Gasteiger partial charge >= 0.3 is 0 Å². The molecule has 0 aliphatic rings. The lowest BCUT2D eigenvalue weighted by molar-refractivity contribution is 0.980. The van der Waals surface area contributed by atoms with E-state index in [2.05, 4.69) is 25.3 Å². The van der Waals surface area contributed by atoms with Crippen LogP contribution in [0.15, 0.2) is 66.0 Å². The molecule has 1 aromatic carbocycles. The molecule has 0 unspecified atom stereocenters. The number of H-pyrrole nitrogens is 2. The maximum absolute atomic E-state index is 12.4. The summed E-state index contributed by atoms with van der Waals surface area (Å²) in [5.41, 5.74) is 4.81. The van der Waals surface area contributed by atoms with E-state index in [4.69, 9.17) is 0 Å². The average Bonchev–Trinajstić information content (AvgIpc) is 3.32. The molecular formula is C18H12N6O. The smallest absolute Gasteiger partial charge is 0.259 e. The number of aromatic amines is 2. The molecule has 4 aromatic heterocycles. The predicted octanol–water partition coefficient (Wildman–Crippen LogP) is 2.63. The number of nitrogens with one attached hydrogen (secondary N) is 2. The maximum atomic E-state index is 12.4. The van der Waals surface area contributed by atoms with Gasteiger partial charge in [-0.1, -0.05) is 6.07 Å². The van der Waals surface area contributed by atoms with Crippen LogP contribution in [-0.4, -0.2) is 29.8 Å². The molecule has 7 nitrogen and oxygen atoms in total. The predicted molar refractivity (Wildman–Crippen MR) is 94.1 cm³/mol. The molecule has 5 rings (SSSR count). The molecule has 5 aromatic rings. The van der Waals surface area contributed by atoms with Crippen LogP contribution in [0.1, 0.15) is 0 Å². The zero-order valence-corrected chi connectivity index (χ0v) is 13.0. The van der Waals surface area contributed by atoms with Crippen LogP contribution in [0.5, 0.6) is 0 Å². The van der Waals surface area contributed by atoms with Crippen LogP contribution in [0.3, 0.4) is 0 Å². The summed E-state index contributed by atoms with van der Waals surface area (Å²) in [6, 6.07) is 11.3. The van der Waals surface area contributed by atoms with E-state index in [0.717, 1.165) is 27.9 Å². The van der Waals surface area contributed by atoms with Crippen LogP contribution in [0.4, 0.5) is 0 Å². The molecule has 0 saturated heterocycles. The van der Waals surface area contributed by atoms with E-state index >= 15 is 0 Å². The summed E-state index contributed by atoms with van der Waals surface area (Å²) < 4.78 is 1.75. The minimum absolute atomic E-state index is 0.140. The first kappa shape index (κ1) is 13.7. The van der Waals surface area contributed by atoms with E-state index < -0.39 is 0 Å². The monoisotopic (exact) mass is 328 g/mol. The molecule has 0 atom stereocenters. The normalized spacial score (nSPS) is 11.4. The van der Waals surface area contributed by atoms with Crippen molar-refractivity contribution in [2.75, 3.05) is 0 Å². The van der Waals surface area contributed by atoms with E-state index in [9.17, 15) is 4.79 Å². The molecule has 0 saturated carbocycles. The summed E-state index contributed by atoms with van der Waals surface area (Å²) in [6.07, 6.45) is 7.03. The van der Waals surface area contributed by atoms with Crippen LogP contribution in [-0.2, 0) is 0 Å². The van der Waals surface area contributed by atoms with Gasteiger partial charge in [0.15, 0.2) is 0 Å². The fraction of sp³-hybridized carbons (Fsp3) is 0. The third kappa shape index (κ3) is 2.13. The zero-order valence-electron chi connectivity index (χ0n) is 13.0. The Morgan fingerprint density at radius 3 is 2.76 bits per heavy atom. The highest BCUT2D eigenvalue weighted by molar-refractivity contribution is 5.85. The van der Waals surface area contributed by atoms with Crippen molar-refractivity contribution >= 4 is 16.6 Å². The number of aromatic nitrogens is 6. The molecule has 0 aliphatic heterocycles. The number of fused-ring (bicyclic) bond motifs is 3. The van der Waals surface area contributed by atoms with Gasteiger partial charge in [-0.05, 0) is 29.8 Å². The van der Waals surface area contributed by atoms with E-state index in [0.29, 0.717) is 11.0 Å². The largest absolute Gasteiger partial charge is 0.306 e. The van der Waals surface area contributed by atoms with Crippen molar-refractivity contribution in [1.29, 1.82) is 0 Å². The summed E-state index contributed by atoms with van der Waals surface area (Å²) in [7, 11) is 0. The van der Waals surface area contributed by atoms with Gasteiger partial charge in [-0.25, -0.2) is 4.52 Å². The number of benzene rings is 1. The number of rotatable bonds is 2. The van der Waals surface area contributed by atoms with E-state index in [-0.39, 0.29) is 5.56 Å². The second-order valence-electron chi connectivity index (χ2n) is 5.74. The van der Waals surface area contributed by atoms with Crippen LogP contribution < -0.4 is 5.56 Å². The summed E-state index contributed by atoms with van der Waals surface area (Å²) in [5, 5.41) is 12.0. The molecule has 7 heteroatoms. The van der Waals surface area contributed by atoms with Crippen LogP contribution >= 0.6 is 0 Å². The van der Waals surface area contributed by atoms with Crippen LogP contribution in [0.2, 0.25) is 0 Å². The van der Waals surface area contributed by atoms with E-state index in [1.165, 1.54) is 0 Å². The zero-order chi connectivity index (χ0) is 16.8. The van der Waals surface area contributed by atoms with Gasteiger partial charge in [-0.2, -0.15) is 10.2 Å². The highest BCUT2D eigenvalue weighted by atomic mass is 16.1. The molecule has 0 bridgehead atoms. The summed E-state index contributed by atoms with van der Waals surface area (Å²) in [5.74, 6) is 0. The van der Waals surface area contributed by atoms with Crippen molar-refractivity contribution in [3.63, 3.8) is 0 Å². The molecule has 25 heavy (non-hydrogen) atoms. The fourth-order valence-corrected chi connectivity index (χ4v) is 2.98. The summed E-state index contributed by atoms with van der Waals surface area (Å²) in [6.45, 7) is 0. The van der Waals surface area contributed by atoms with E-state index in [1.54, 1.807) is 29.2 Å². The molecule has 2 N–H and O–H groups in total. The first-order valence-corrected chi connectivity index (χ1v) is 7.75. The van der Waals surface area contributed by atoms with Gasteiger partial charge in [0.1, 0.15) is 5.65 Å². The van der Waals surface area contributed by atoms with Crippen LogP contribution in [0, 0.1) is 0 Å². The topological polar surface area (TPSA) is 91.7 Å². The number of nitrogens with zero attached hydrogens (tertiary/aromatic N) is 4. The Morgan fingerprint density at radius 1 is 1.00 bits per heavy atom. The van der Waals surface area contributed by atoms with Crippen molar-refractivity contribution in [1.82, 2.24) is 29.8 Å². The highest BCUT2D eigenvalue weighted by Crippen LogP contribution is 2.24. The Bertz CT molecular complexity index is 1250. The van der Waals surface area contributed by atoms with Crippen molar-refractivity contribution in [3.05, 3.63) is 71.5 Å². The number of hydrogen-bond acceptors (Lipinski definition) is 4. The van der Waals surface area contributed by atoms with Gasteiger partial charge in [-0.15, -0.1) is 0 Å². The van der Waals surface area contributed by atoms with Crippen molar-refractivity contribution in [2.45, 2.75) is 0 Å². The van der Waals surface area contributed by atoms with Crippen molar-refractivity contribution in [3.8, 4) is 22.4 Å². The van der Waals surface area contributed by atoms with Crippen molar-refractivity contribution < 1.29 is 0 Å². The second kappa shape index (κ2) is 5.13. The van der Waals surface area contributed by atoms with Gasteiger partial charge in [0.05, 0.1) is 22.8 Å². The first-order chi connectivity index (χ1) is 12.3. The maximum Gasteiger partial charge on any atom is 0.259 e. The van der Waals surface area contributed by atoms with Gasteiger partial charge in [0.2, 0.25) is 0 Å². The molecule has 0 spiro atoms. The van der Waals surface area contributed by atoms with Gasteiger partial charge in [0, 0.05) is 35.8 Å². The lowest BCUT2D eigenvalue weighted by Gasteiger charge is -2.03. The van der Waals surface area contributed by atoms with E-state index in [1.807, 2.05) is 36.5 Å². The quantitative estimate of drug-likeness (QED) is 0.521. The van der Waals surface area contributed by atoms with Gasteiger partial charge in [-0.3, -0.25) is 14.9 Å². The molecule has 4 heterocycles. The van der Waals surface area contributed by atoms with Gasteiger partial charge < -0.3 is 4.98 Å². The lowest BCUT2D eigenvalue weighted by atomic mass is 10.1. The number of pyridine rings is 1. The standard InChI is InChI=1S/C18H12N6O/c25-18-14-4-3-11(13-9-20-21-10-13)6-16(14)24-17(22-18)7-15(23-24)12-2-1-5-19-8-12/h1-10H,(H,20,21)(H,22,25). The van der Waals surface area contributed by atoms with Gasteiger partial charge in [0.25, 0.3) is 5.56 Å². The number of hydrogen-bond donors (Lipinski definition) is 2. The molecule has 0 fully saturated rings. The first-order valence-electron chi connectivity index (χ1n) is 7.75. The van der Waals surface area contributed by atoms with Crippen molar-refractivity contribution in [2.24, 2.45) is 0 Å². The Kier molecular flexibility index (Phi) is 2.81. The second-order valence-corrected chi connectivity index (χ2v) is 5.74. The Hall–Kier alpha value is -3.74. The minimum Gasteiger partial charge on any atom is -0.306 e. The Labute approximate surface area is 141 Å². The average molecular weight is 328 g/mol. The fourth-order valence-electron chi connectivity index (χ4n) is 2.98.